The number of hydrogen-bond acceptors (Lipinski definition) is 13. The summed E-state index contributed by atoms with van der Waals surface area (Å²) >= 11 is 0.843. The van der Waals surface area contributed by atoms with E-state index in [4.69, 9.17) is 26.0 Å². The molecule has 0 aliphatic carbocycles. The van der Waals surface area contributed by atoms with Crippen molar-refractivity contribution in [3.8, 4) is 5.75 Å². The number of nitrogens with two attached hydrogens (primary N) is 2. The van der Waals surface area contributed by atoms with Crippen molar-refractivity contribution in [1.82, 2.24) is 29.7 Å². The number of piperazine rings is 1. The van der Waals surface area contributed by atoms with Crippen molar-refractivity contribution in [1.29, 1.82) is 0 Å². The van der Waals surface area contributed by atoms with Gasteiger partial charge in [0.25, 0.3) is 0 Å². The van der Waals surface area contributed by atoms with Crippen molar-refractivity contribution in [2.75, 3.05) is 82.9 Å². The number of anilines is 2. The van der Waals surface area contributed by atoms with Gasteiger partial charge in [-0.2, -0.15) is 4.98 Å². The highest BCUT2D eigenvalue weighted by Crippen LogP contribution is 2.27. The van der Waals surface area contributed by atoms with Crippen LogP contribution in [0.15, 0.2) is 30.5 Å². The molecule has 2 aromatic heterocycles. The van der Waals surface area contributed by atoms with E-state index in [1.54, 1.807) is 7.11 Å². The lowest BCUT2D eigenvalue weighted by Crippen LogP contribution is -2.46. The van der Waals surface area contributed by atoms with Gasteiger partial charge in [-0.05, 0) is 24.1 Å². The number of nitrogens with zero attached hydrogens (tertiary/aromatic N) is 5. The minimum absolute atomic E-state index is 0.0989. The summed E-state index contributed by atoms with van der Waals surface area (Å²) in [5, 5.41) is 23.2. The monoisotopic (exact) mass is 743 g/mol. The molecule has 1 amide bonds. The normalized spacial score (nSPS) is 15.0. The molecule has 3 heterocycles. The molecule has 286 valence electrons. The molecule has 16 nitrogen and oxygen atoms in total. The van der Waals surface area contributed by atoms with Gasteiger partial charge in [0.1, 0.15) is 22.6 Å². The molecule has 1 aliphatic rings. The largest absolute Gasteiger partial charge is 0.496 e. The third-order valence-corrected chi connectivity index (χ3v) is 10.1. The first kappa shape index (κ1) is 40.6. The highest BCUT2D eigenvalue weighted by Gasteiger charge is 2.24. The van der Waals surface area contributed by atoms with Crippen LogP contribution in [0.25, 0.3) is 11.0 Å². The Morgan fingerprint density at radius 2 is 1.77 bits per heavy atom. The Labute approximate surface area is 308 Å². The summed E-state index contributed by atoms with van der Waals surface area (Å²) < 4.78 is 13.7. The quantitative estimate of drug-likeness (QED) is 0.0764. The lowest BCUT2D eigenvalue weighted by atomic mass is 10.1. The summed E-state index contributed by atoms with van der Waals surface area (Å²) in [5.41, 5.74) is 15.4. The molecular weight excluding hydrogens is 691 g/mol. The number of fused-ring (bicyclic) bond motifs is 1. The number of nitrogen functional groups attached to an aromatic ring is 1. The summed E-state index contributed by atoms with van der Waals surface area (Å²) in [5.74, 6) is -1.11. The van der Waals surface area contributed by atoms with E-state index in [0.717, 1.165) is 105 Å². The van der Waals surface area contributed by atoms with Gasteiger partial charge in [0.2, 0.25) is 11.9 Å². The van der Waals surface area contributed by atoms with Gasteiger partial charge in [-0.15, -0.1) is 11.8 Å². The first-order chi connectivity index (χ1) is 25.1. The van der Waals surface area contributed by atoms with Crippen LogP contribution in [0.3, 0.4) is 0 Å². The predicted molar refractivity (Wildman–Crippen MR) is 202 cm³/mol. The number of carbonyl (C=O) groups excluding carboxylic acids is 1. The molecule has 1 unspecified atom stereocenters. The number of aliphatic carboxylic acids is 2. The van der Waals surface area contributed by atoms with Crippen molar-refractivity contribution in [2.45, 2.75) is 57.0 Å². The summed E-state index contributed by atoms with van der Waals surface area (Å²) in [6, 6.07) is 7.19. The minimum Gasteiger partial charge on any atom is -0.496 e. The van der Waals surface area contributed by atoms with E-state index in [1.807, 2.05) is 12.3 Å². The van der Waals surface area contributed by atoms with E-state index in [-0.39, 0.29) is 24.7 Å². The average molecular weight is 744 g/mol. The number of methoxy groups -OCH3 is 1. The number of aromatic nitrogens is 3. The van der Waals surface area contributed by atoms with Gasteiger partial charge in [-0.1, -0.05) is 31.9 Å². The van der Waals surface area contributed by atoms with Crippen LogP contribution in [0, 0.1) is 0 Å². The second kappa shape index (κ2) is 20.8. The van der Waals surface area contributed by atoms with E-state index >= 15 is 0 Å². The lowest BCUT2D eigenvalue weighted by Gasteiger charge is -2.34. The van der Waals surface area contributed by atoms with Gasteiger partial charge >= 0.3 is 11.9 Å². The molecule has 52 heavy (non-hydrogen) atoms. The van der Waals surface area contributed by atoms with E-state index in [1.165, 1.54) is 5.56 Å². The standard InChI is InChI=1S/C35H53N9O7S/c1-3-4-5-9-39-32-31-27(40-35(37)41-32)8-11-44(31)22-25-7-6-24(19-28(25)50-2)21-43-14-12-42(13-15-43)16-18-51-17-10-38-30(45)20-29(34(48)49)52-23-26(36)33(46)47/h6-8,11,19,26,29H,3-5,9-10,12-18,20-23,36H2,1-2H3,(H,38,45)(H,46,47)(H,48,49)(H3,37,39,40,41)/t26-,29?/m0/s1. The van der Waals surface area contributed by atoms with Crippen molar-refractivity contribution < 1.29 is 34.1 Å². The maximum Gasteiger partial charge on any atom is 0.321 e. The van der Waals surface area contributed by atoms with Gasteiger partial charge < -0.3 is 46.4 Å². The third kappa shape index (κ3) is 12.5. The number of benzene rings is 1. The van der Waals surface area contributed by atoms with Crippen LogP contribution in [0.5, 0.6) is 5.75 Å². The van der Waals surface area contributed by atoms with Crippen molar-refractivity contribution >= 4 is 52.4 Å². The van der Waals surface area contributed by atoms with Crippen LogP contribution in [-0.2, 0) is 32.2 Å². The second-order valence-corrected chi connectivity index (χ2v) is 14.0. The molecule has 0 spiro atoms. The molecule has 2 atom stereocenters. The number of hydrogen-bond donors (Lipinski definition) is 6. The van der Waals surface area contributed by atoms with Gasteiger partial charge in [0.05, 0.1) is 32.4 Å². The van der Waals surface area contributed by atoms with Crippen LogP contribution < -0.4 is 26.8 Å². The van der Waals surface area contributed by atoms with E-state index < -0.39 is 29.1 Å². The van der Waals surface area contributed by atoms with Gasteiger partial charge in [-0.25, -0.2) is 4.98 Å². The molecule has 1 saturated heterocycles. The average Bonchev–Trinajstić information content (AvgIpc) is 3.52. The zero-order valence-electron chi connectivity index (χ0n) is 30.1. The highest BCUT2D eigenvalue weighted by atomic mass is 32.2. The number of ether oxygens (including phenoxy) is 2. The number of thioether (sulfide) groups is 1. The van der Waals surface area contributed by atoms with Crippen LogP contribution in [-0.4, -0.2) is 136 Å². The van der Waals surface area contributed by atoms with Gasteiger partial charge in [0.15, 0.2) is 5.82 Å². The van der Waals surface area contributed by atoms with E-state index in [2.05, 4.69) is 60.1 Å². The Bertz CT molecular complexity index is 1620. The summed E-state index contributed by atoms with van der Waals surface area (Å²) in [6.45, 7) is 9.95. The Balaban J connectivity index is 1.17. The van der Waals surface area contributed by atoms with Gasteiger partial charge in [-0.3, -0.25) is 24.2 Å². The van der Waals surface area contributed by atoms with Crippen LogP contribution >= 0.6 is 11.8 Å². The summed E-state index contributed by atoms with van der Waals surface area (Å²) in [6.07, 6.45) is 5.09. The number of unbranched alkanes of at least 4 members (excludes halogenated alkanes) is 2. The number of rotatable bonds is 23. The van der Waals surface area contributed by atoms with Crippen molar-refractivity contribution in [3.63, 3.8) is 0 Å². The summed E-state index contributed by atoms with van der Waals surface area (Å²) in [4.78, 5) is 48.2. The highest BCUT2D eigenvalue weighted by molar-refractivity contribution is 8.00. The molecule has 0 radical (unpaired) electrons. The Hall–Kier alpha value is -4.16. The Morgan fingerprint density at radius 1 is 1.00 bits per heavy atom. The smallest absolute Gasteiger partial charge is 0.321 e. The Morgan fingerprint density at radius 3 is 2.48 bits per heavy atom. The lowest BCUT2D eigenvalue weighted by molar-refractivity contribution is -0.139. The predicted octanol–water partition coefficient (Wildman–Crippen LogP) is 1.91. The third-order valence-electron chi connectivity index (χ3n) is 8.82. The van der Waals surface area contributed by atoms with Crippen molar-refractivity contribution in [3.05, 3.63) is 41.6 Å². The molecule has 8 N–H and O–H groups in total. The van der Waals surface area contributed by atoms with Gasteiger partial charge in [0, 0.05) is 76.3 Å². The first-order valence-electron chi connectivity index (χ1n) is 17.7. The number of amides is 1. The number of carboxylic acids is 2. The van der Waals surface area contributed by atoms with E-state index in [0.29, 0.717) is 19.8 Å². The van der Waals surface area contributed by atoms with E-state index in [9.17, 15) is 19.5 Å². The molecule has 0 bridgehead atoms. The van der Waals surface area contributed by atoms with Crippen LogP contribution in [0.1, 0.15) is 43.7 Å². The zero-order chi connectivity index (χ0) is 37.5. The van der Waals surface area contributed by atoms with Crippen LogP contribution in [0.4, 0.5) is 11.8 Å². The summed E-state index contributed by atoms with van der Waals surface area (Å²) in [7, 11) is 1.70. The SMILES string of the molecule is CCCCCNc1nc(N)nc2ccn(Cc3ccc(CN4CCN(CCOCCNC(=O)CC(SC[C@H](N)C(=O)O)C(=O)O)CC4)cc3OC)c12. The fourth-order valence-corrected chi connectivity index (χ4v) is 6.89. The van der Waals surface area contributed by atoms with Crippen LogP contribution in [0.2, 0.25) is 0 Å². The fraction of sp³-hybridized carbons (Fsp3) is 0.571. The maximum absolute atomic E-state index is 12.2. The molecule has 1 aliphatic heterocycles. The second-order valence-electron chi connectivity index (χ2n) is 12.8. The zero-order valence-corrected chi connectivity index (χ0v) is 30.9. The fourth-order valence-electron chi connectivity index (χ4n) is 5.90. The molecule has 3 aromatic rings. The number of carboxylic acid groups (broad SMARTS) is 2. The molecule has 0 saturated carbocycles. The Kier molecular flexibility index (Phi) is 16.2. The first-order valence-corrected chi connectivity index (χ1v) is 18.8. The molecule has 4 rings (SSSR count). The minimum atomic E-state index is -1.22. The maximum atomic E-state index is 12.2. The number of nitrogens with one attached hydrogen (secondary N) is 2. The molecule has 17 heteroatoms. The molecule has 1 fully saturated rings. The topological polar surface area (TPSA) is 223 Å². The number of carbonyl (C=O) groups is 3. The van der Waals surface area contributed by atoms with Crippen molar-refractivity contribution in [2.24, 2.45) is 5.73 Å². The molecule has 1 aromatic carbocycles. The molecular formula is C35H53N9O7S.